The van der Waals surface area contributed by atoms with Crippen LogP contribution in [0.2, 0.25) is 0 Å². The zero-order chi connectivity index (χ0) is 24.0. The van der Waals surface area contributed by atoms with Gasteiger partial charge in [0.05, 0.1) is 0 Å². The molecule has 0 aliphatic heterocycles. The molecule has 36 heavy (non-hydrogen) atoms. The van der Waals surface area contributed by atoms with Crippen LogP contribution in [0.3, 0.4) is 0 Å². The Kier molecular flexibility index (Phi) is 10.1. The van der Waals surface area contributed by atoms with E-state index in [2.05, 4.69) is 0 Å². The second kappa shape index (κ2) is 10.5. The smallest absolute Gasteiger partial charge is 0.282 e. The maximum atomic E-state index is 11.9. The number of hydrogen-bond donors (Lipinski definition) is 4. The van der Waals surface area contributed by atoms with Crippen LogP contribution in [-0.2, 0) is 40.5 Å². The first-order valence-electron chi connectivity index (χ1n) is 8.11. The first-order chi connectivity index (χ1) is 14.4. The Balaban J connectivity index is 0.00000306. The van der Waals surface area contributed by atoms with Crippen LogP contribution in [0.25, 0.3) is 32.3 Å². The molecule has 0 bridgehead atoms. The molecule has 0 saturated heterocycles. The first kappa shape index (κ1) is 34.7. The second-order valence-electron chi connectivity index (χ2n) is 6.72. The lowest BCUT2D eigenvalue weighted by atomic mass is 9.94. The molecule has 202 valence electrons. The van der Waals surface area contributed by atoms with E-state index in [1.165, 1.54) is 0 Å². The van der Waals surface area contributed by atoms with Gasteiger partial charge >= 0.3 is 0 Å². The highest BCUT2D eigenvalue weighted by Crippen LogP contribution is 2.44. The van der Waals surface area contributed by atoms with Crippen molar-refractivity contribution in [1.82, 2.24) is 0 Å². The highest BCUT2D eigenvalue weighted by Gasteiger charge is 2.29. The van der Waals surface area contributed by atoms with Crippen molar-refractivity contribution >= 4 is 122 Å². The van der Waals surface area contributed by atoms with E-state index in [-0.39, 0.29) is 81.9 Å². The van der Waals surface area contributed by atoms with E-state index < -0.39 is 60.1 Å². The molecule has 0 aliphatic rings. The molecule has 0 unspecified atom stereocenters. The molecule has 4 aromatic rings. The molecule has 0 amide bonds. The Bertz CT molecular complexity index is 1650. The van der Waals surface area contributed by atoms with Gasteiger partial charge in [0.15, 0.2) is 0 Å². The summed E-state index contributed by atoms with van der Waals surface area (Å²) in [6.07, 6.45) is 0. The van der Waals surface area contributed by atoms with Crippen LogP contribution in [0, 0.1) is 0 Å². The fraction of sp³-hybridized carbons (Fsp3) is 0. The summed E-state index contributed by atoms with van der Waals surface area (Å²) in [5, 5.41) is -2.11. The van der Waals surface area contributed by atoms with E-state index in [1.807, 2.05) is 0 Å². The molecular formula is C16H14Cl4O12S4. The van der Waals surface area contributed by atoms with Crippen LogP contribution in [0.15, 0.2) is 56.0 Å². The van der Waals surface area contributed by atoms with Crippen LogP contribution in [0.1, 0.15) is 0 Å². The van der Waals surface area contributed by atoms with Gasteiger partial charge in [0, 0.05) is 32.3 Å². The predicted molar refractivity (Wildman–Crippen MR) is 138 cm³/mol. The van der Waals surface area contributed by atoms with Crippen molar-refractivity contribution < 1.29 is 51.9 Å². The van der Waals surface area contributed by atoms with Gasteiger partial charge in [-0.3, -0.25) is 18.2 Å². The molecule has 12 nitrogen and oxygen atoms in total. The molecule has 0 atom stereocenters. The summed E-state index contributed by atoms with van der Waals surface area (Å²) >= 11 is 0. The maximum absolute atomic E-state index is 11.9. The summed E-state index contributed by atoms with van der Waals surface area (Å²) in [6, 6.07) is 4.98. The Labute approximate surface area is 229 Å². The lowest BCUT2D eigenvalue weighted by Crippen LogP contribution is -2.08. The molecule has 4 aromatic carbocycles. The third-order valence-electron chi connectivity index (χ3n) is 4.86. The van der Waals surface area contributed by atoms with Gasteiger partial charge in [-0.25, -0.2) is 0 Å². The van der Waals surface area contributed by atoms with Crippen molar-refractivity contribution in [3.8, 4) is 0 Å². The van der Waals surface area contributed by atoms with Crippen LogP contribution in [0.5, 0.6) is 0 Å². The lowest BCUT2D eigenvalue weighted by molar-refractivity contribution is 0.478. The number of hydrogen-bond acceptors (Lipinski definition) is 8. The summed E-state index contributed by atoms with van der Waals surface area (Å²) in [4.78, 5) is -3.90. The fourth-order valence-corrected chi connectivity index (χ4v) is 6.73. The van der Waals surface area contributed by atoms with E-state index in [1.54, 1.807) is 0 Å². The van der Waals surface area contributed by atoms with Gasteiger partial charge in [0.1, 0.15) is 19.6 Å². The van der Waals surface area contributed by atoms with Gasteiger partial charge in [-0.2, -0.15) is 33.7 Å². The topological polar surface area (TPSA) is 217 Å². The van der Waals surface area contributed by atoms with Crippen LogP contribution < -0.4 is 0 Å². The minimum Gasteiger partial charge on any atom is -0.282 e. The van der Waals surface area contributed by atoms with Crippen molar-refractivity contribution in [2.75, 3.05) is 0 Å². The molecule has 0 saturated carbocycles. The molecule has 0 fully saturated rings. The van der Waals surface area contributed by atoms with Gasteiger partial charge in [0.2, 0.25) is 0 Å². The minimum absolute atomic E-state index is 0. The zero-order valence-electron chi connectivity index (χ0n) is 16.8. The van der Waals surface area contributed by atoms with Gasteiger partial charge in [0.25, 0.3) is 40.5 Å². The molecule has 4 rings (SSSR count). The molecular weight excluding hydrogens is 654 g/mol. The summed E-state index contributed by atoms with van der Waals surface area (Å²) in [5.41, 5.74) is 0. The third-order valence-corrected chi connectivity index (χ3v) is 8.43. The minimum atomic E-state index is -5.10. The summed E-state index contributed by atoms with van der Waals surface area (Å²) in [7, 11) is -20.4. The van der Waals surface area contributed by atoms with Crippen LogP contribution >= 0.6 is 49.6 Å². The highest BCUT2D eigenvalue weighted by molar-refractivity contribution is 7.87. The zero-order valence-corrected chi connectivity index (χ0v) is 23.3. The average molecular weight is 668 g/mol. The van der Waals surface area contributed by atoms with Gasteiger partial charge < -0.3 is 0 Å². The van der Waals surface area contributed by atoms with Gasteiger partial charge in [-0.05, 0) is 12.1 Å². The van der Waals surface area contributed by atoms with E-state index in [9.17, 15) is 51.9 Å². The normalized spacial score (nSPS) is 12.4. The van der Waals surface area contributed by atoms with Crippen molar-refractivity contribution in [1.29, 1.82) is 0 Å². The Morgan fingerprint density at radius 1 is 0.389 bits per heavy atom. The maximum Gasteiger partial charge on any atom is 0.295 e. The van der Waals surface area contributed by atoms with Crippen molar-refractivity contribution in [3.63, 3.8) is 0 Å². The number of rotatable bonds is 4. The highest BCUT2D eigenvalue weighted by atomic mass is 35.5. The summed E-state index contributed by atoms with van der Waals surface area (Å²) < 4.78 is 134. The molecule has 4 N–H and O–H groups in total. The van der Waals surface area contributed by atoms with Crippen molar-refractivity contribution in [2.24, 2.45) is 0 Å². The van der Waals surface area contributed by atoms with Crippen LogP contribution in [-0.4, -0.2) is 51.9 Å². The molecule has 20 heteroatoms. The first-order valence-corrected chi connectivity index (χ1v) is 13.9. The number of halogens is 4. The quantitative estimate of drug-likeness (QED) is 0.182. The third kappa shape index (κ3) is 5.59. The van der Waals surface area contributed by atoms with Gasteiger partial charge in [-0.15, -0.1) is 49.6 Å². The monoisotopic (exact) mass is 666 g/mol. The summed E-state index contributed by atoms with van der Waals surface area (Å²) in [5.74, 6) is 0. The van der Waals surface area contributed by atoms with Gasteiger partial charge in [-0.1, -0.05) is 24.3 Å². The standard InChI is InChI=1S/C16H10O12S4.4ClH/c17-29(18,19)11-5-13(31(23,24)25)9-3-4-10-14(32(26,27)28)6-12(30(20,21)22)8-2-1-7(11)15(9)16(8)10;;;;/h1-6H,(H,17,18,19)(H,20,21,22)(H,23,24,25)(H,26,27,28);4*1H. The van der Waals surface area contributed by atoms with Crippen molar-refractivity contribution in [3.05, 3.63) is 36.4 Å². The largest absolute Gasteiger partial charge is 0.295 e. The molecule has 0 heterocycles. The van der Waals surface area contributed by atoms with E-state index >= 15 is 0 Å². The fourth-order valence-electron chi connectivity index (χ4n) is 3.72. The van der Waals surface area contributed by atoms with Crippen LogP contribution in [0.4, 0.5) is 0 Å². The Hall–Kier alpha value is -1.28. The van der Waals surface area contributed by atoms with E-state index in [0.29, 0.717) is 12.1 Å². The summed E-state index contributed by atoms with van der Waals surface area (Å²) in [6.45, 7) is 0. The Morgan fingerprint density at radius 2 is 0.556 bits per heavy atom. The molecule has 0 aromatic heterocycles. The number of benzene rings is 4. The Morgan fingerprint density at radius 3 is 0.694 bits per heavy atom. The van der Waals surface area contributed by atoms with Crippen molar-refractivity contribution in [2.45, 2.75) is 19.6 Å². The lowest BCUT2D eigenvalue weighted by Gasteiger charge is -2.17. The predicted octanol–water partition coefficient (Wildman–Crippen LogP) is 3.26. The molecule has 0 spiro atoms. The van der Waals surface area contributed by atoms with E-state index in [4.69, 9.17) is 0 Å². The average Bonchev–Trinajstić information content (AvgIpc) is 2.61. The second-order valence-corrected chi connectivity index (χ2v) is 12.3. The molecule has 0 radical (unpaired) electrons. The SMILES string of the molecule is Cl.Cl.Cl.Cl.O=S(=O)(O)c1cc(S(=O)(=O)O)c2ccc3c(S(=O)(=O)O)cc(S(=O)(=O)O)c4ccc1c2c43. The molecule has 0 aliphatic carbocycles. The van der Waals surface area contributed by atoms with E-state index in [0.717, 1.165) is 24.3 Å².